The minimum absolute atomic E-state index is 0.224. The van der Waals surface area contributed by atoms with Gasteiger partial charge in [0.2, 0.25) is 0 Å². The summed E-state index contributed by atoms with van der Waals surface area (Å²) in [6, 6.07) is 13.3. The summed E-state index contributed by atoms with van der Waals surface area (Å²) in [6.07, 6.45) is 6.32. The van der Waals surface area contributed by atoms with E-state index in [0.717, 1.165) is 5.92 Å². The minimum Gasteiger partial charge on any atom is -0.423 e. The summed E-state index contributed by atoms with van der Waals surface area (Å²) in [5, 5.41) is 0. The third-order valence-corrected chi connectivity index (χ3v) is 5.05. The lowest BCUT2D eigenvalue weighted by Gasteiger charge is -2.28. The van der Waals surface area contributed by atoms with Crippen molar-refractivity contribution < 1.29 is 13.9 Å². The Hall–Kier alpha value is -2.16. The Balaban J connectivity index is 1.63. The lowest BCUT2D eigenvalue weighted by atomic mass is 9.78. The van der Waals surface area contributed by atoms with Gasteiger partial charge in [0.05, 0.1) is 5.56 Å². The molecule has 0 saturated heterocycles. The molecule has 2 aromatic rings. The van der Waals surface area contributed by atoms with Crippen molar-refractivity contribution in [3.05, 3.63) is 65.5 Å². The third-order valence-electron chi connectivity index (χ3n) is 5.05. The van der Waals surface area contributed by atoms with E-state index in [9.17, 15) is 9.18 Å². The van der Waals surface area contributed by atoms with Gasteiger partial charge in [-0.05, 0) is 67.3 Å². The molecular formula is C21H23FO2. The highest BCUT2D eigenvalue weighted by atomic mass is 19.1. The Morgan fingerprint density at radius 2 is 1.79 bits per heavy atom. The van der Waals surface area contributed by atoms with Crippen molar-refractivity contribution in [2.45, 2.75) is 44.9 Å². The molecule has 1 saturated carbocycles. The first-order valence-corrected chi connectivity index (χ1v) is 8.73. The first-order chi connectivity index (χ1) is 11.7. The molecule has 3 heteroatoms. The van der Waals surface area contributed by atoms with E-state index in [1.54, 1.807) is 6.07 Å². The van der Waals surface area contributed by atoms with E-state index in [1.165, 1.54) is 55.9 Å². The number of carbonyl (C=O) groups is 1. The Kier molecular flexibility index (Phi) is 5.29. The molecule has 2 nitrogen and oxygen atoms in total. The van der Waals surface area contributed by atoms with E-state index in [0.29, 0.717) is 11.5 Å². The number of ether oxygens (including phenoxy) is 1. The van der Waals surface area contributed by atoms with Gasteiger partial charge < -0.3 is 4.74 Å². The van der Waals surface area contributed by atoms with Crippen molar-refractivity contribution in [1.29, 1.82) is 0 Å². The van der Waals surface area contributed by atoms with E-state index in [2.05, 4.69) is 6.92 Å². The van der Waals surface area contributed by atoms with Crippen LogP contribution in [-0.4, -0.2) is 5.97 Å². The van der Waals surface area contributed by atoms with Gasteiger partial charge in [0.15, 0.2) is 0 Å². The summed E-state index contributed by atoms with van der Waals surface area (Å²) in [5.41, 5.74) is 1.79. The summed E-state index contributed by atoms with van der Waals surface area (Å²) in [5.74, 6) is 0.824. The smallest absolute Gasteiger partial charge is 0.343 e. The molecule has 126 valence electrons. The maximum atomic E-state index is 13.1. The van der Waals surface area contributed by atoms with Gasteiger partial charge in [0.1, 0.15) is 11.6 Å². The molecule has 24 heavy (non-hydrogen) atoms. The molecule has 3 rings (SSSR count). The lowest BCUT2D eigenvalue weighted by molar-refractivity contribution is 0.0734. The fourth-order valence-electron chi connectivity index (χ4n) is 3.49. The van der Waals surface area contributed by atoms with Gasteiger partial charge in [-0.3, -0.25) is 0 Å². The van der Waals surface area contributed by atoms with E-state index < -0.39 is 11.8 Å². The summed E-state index contributed by atoms with van der Waals surface area (Å²) in [6.45, 7) is 2.27. The Labute approximate surface area is 142 Å². The largest absolute Gasteiger partial charge is 0.423 e. The molecule has 0 amide bonds. The van der Waals surface area contributed by atoms with Crippen LogP contribution in [0.4, 0.5) is 4.39 Å². The highest BCUT2D eigenvalue weighted by Gasteiger charge is 2.21. The fourth-order valence-corrected chi connectivity index (χ4v) is 3.49. The molecule has 0 aromatic heterocycles. The predicted octanol–water partition coefficient (Wildman–Crippen LogP) is 5.73. The predicted molar refractivity (Wildman–Crippen MR) is 92.8 cm³/mol. The number of halogens is 1. The van der Waals surface area contributed by atoms with Crippen molar-refractivity contribution in [2.75, 3.05) is 0 Å². The second-order valence-corrected chi connectivity index (χ2v) is 6.59. The maximum Gasteiger partial charge on any atom is 0.343 e. The first kappa shape index (κ1) is 16.7. The highest BCUT2D eigenvalue weighted by molar-refractivity contribution is 5.91. The molecule has 0 bridgehead atoms. The molecule has 0 N–H and O–H groups in total. The van der Waals surface area contributed by atoms with Gasteiger partial charge in [-0.2, -0.15) is 0 Å². The monoisotopic (exact) mass is 326 g/mol. The fraction of sp³-hybridized carbons (Fsp3) is 0.381. The molecule has 0 aliphatic heterocycles. The number of hydrogen-bond acceptors (Lipinski definition) is 2. The van der Waals surface area contributed by atoms with Gasteiger partial charge in [-0.25, -0.2) is 9.18 Å². The Bertz CT molecular complexity index is 685. The molecule has 2 aromatic carbocycles. The van der Waals surface area contributed by atoms with Crippen molar-refractivity contribution >= 4 is 5.97 Å². The molecule has 0 radical (unpaired) electrons. The second-order valence-electron chi connectivity index (χ2n) is 6.59. The average Bonchev–Trinajstić information content (AvgIpc) is 2.62. The van der Waals surface area contributed by atoms with Crippen molar-refractivity contribution in [3.8, 4) is 5.75 Å². The average molecular weight is 326 g/mol. The van der Waals surface area contributed by atoms with Crippen LogP contribution < -0.4 is 4.74 Å². The zero-order valence-electron chi connectivity index (χ0n) is 14.0. The quantitative estimate of drug-likeness (QED) is 0.530. The van der Waals surface area contributed by atoms with E-state index in [4.69, 9.17) is 4.74 Å². The van der Waals surface area contributed by atoms with Crippen LogP contribution in [0.3, 0.4) is 0 Å². The number of rotatable bonds is 4. The number of carbonyl (C=O) groups excluding carboxylic acids is 1. The summed E-state index contributed by atoms with van der Waals surface area (Å²) >= 11 is 0. The summed E-state index contributed by atoms with van der Waals surface area (Å²) in [7, 11) is 0. The minimum atomic E-state index is -0.457. The van der Waals surface area contributed by atoms with Crippen LogP contribution in [0.1, 0.15) is 60.9 Å². The van der Waals surface area contributed by atoms with Gasteiger partial charge in [-0.15, -0.1) is 0 Å². The SMILES string of the molecule is CCC1CCC(c2ccc(C(=O)Oc3cccc(F)c3)cc2)CC1. The van der Waals surface area contributed by atoms with E-state index in [1.807, 2.05) is 24.3 Å². The van der Waals surface area contributed by atoms with Gasteiger partial charge in [-0.1, -0.05) is 31.5 Å². The molecule has 1 fully saturated rings. The maximum absolute atomic E-state index is 13.1. The third kappa shape index (κ3) is 4.02. The molecule has 0 atom stereocenters. The summed E-state index contributed by atoms with van der Waals surface area (Å²) in [4.78, 5) is 12.2. The van der Waals surface area contributed by atoms with E-state index >= 15 is 0 Å². The topological polar surface area (TPSA) is 26.3 Å². The zero-order valence-corrected chi connectivity index (χ0v) is 14.0. The molecule has 0 spiro atoms. The normalized spacial score (nSPS) is 20.6. The number of esters is 1. The van der Waals surface area contributed by atoms with Crippen molar-refractivity contribution in [1.82, 2.24) is 0 Å². The Morgan fingerprint density at radius 1 is 1.08 bits per heavy atom. The van der Waals surface area contributed by atoms with Crippen LogP contribution in [-0.2, 0) is 0 Å². The second kappa shape index (κ2) is 7.61. The molecular weight excluding hydrogens is 303 g/mol. The van der Waals surface area contributed by atoms with Crippen LogP contribution in [0, 0.1) is 11.7 Å². The van der Waals surface area contributed by atoms with Crippen LogP contribution >= 0.6 is 0 Å². The van der Waals surface area contributed by atoms with Crippen LogP contribution in [0.2, 0.25) is 0 Å². The lowest BCUT2D eigenvalue weighted by Crippen LogP contribution is -2.13. The van der Waals surface area contributed by atoms with Crippen LogP contribution in [0.25, 0.3) is 0 Å². The van der Waals surface area contributed by atoms with Crippen LogP contribution in [0.15, 0.2) is 48.5 Å². The first-order valence-electron chi connectivity index (χ1n) is 8.73. The van der Waals surface area contributed by atoms with Crippen molar-refractivity contribution in [2.24, 2.45) is 5.92 Å². The highest BCUT2D eigenvalue weighted by Crippen LogP contribution is 2.36. The van der Waals surface area contributed by atoms with Crippen LogP contribution in [0.5, 0.6) is 5.75 Å². The van der Waals surface area contributed by atoms with Gasteiger partial charge in [0.25, 0.3) is 0 Å². The zero-order chi connectivity index (χ0) is 16.9. The molecule has 0 heterocycles. The summed E-state index contributed by atoms with van der Waals surface area (Å²) < 4.78 is 18.4. The number of hydrogen-bond donors (Lipinski definition) is 0. The Morgan fingerprint density at radius 3 is 2.42 bits per heavy atom. The van der Waals surface area contributed by atoms with E-state index in [-0.39, 0.29) is 5.75 Å². The standard InChI is InChI=1S/C21H23FO2/c1-2-15-6-8-16(9-7-15)17-10-12-18(13-11-17)21(23)24-20-5-3-4-19(22)14-20/h3-5,10-16H,2,6-9H2,1H3. The molecule has 0 unspecified atom stereocenters. The molecule has 1 aliphatic carbocycles. The van der Waals surface area contributed by atoms with Gasteiger partial charge in [0, 0.05) is 6.07 Å². The van der Waals surface area contributed by atoms with Gasteiger partial charge >= 0.3 is 5.97 Å². The number of benzene rings is 2. The molecule has 1 aliphatic rings. The van der Waals surface area contributed by atoms with Crippen molar-refractivity contribution in [3.63, 3.8) is 0 Å².